The molecule has 6 N–H and O–H groups in total. The van der Waals surface area contributed by atoms with Gasteiger partial charge >= 0.3 is 0 Å². The Kier molecular flexibility index (Phi) is 7.51. The fourth-order valence-corrected chi connectivity index (χ4v) is 5.31. The molecule has 0 amide bonds. The second-order valence-electron chi connectivity index (χ2n) is 8.30. The van der Waals surface area contributed by atoms with E-state index in [9.17, 15) is 9.50 Å². The van der Waals surface area contributed by atoms with Crippen molar-refractivity contribution in [1.82, 2.24) is 4.98 Å². The molecule has 6 nitrogen and oxygen atoms in total. The second-order valence-corrected chi connectivity index (χ2v) is 10.3. The summed E-state index contributed by atoms with van der Waals surface area (Å²) in [7, 11) is 0. The van der Waals surface area contributed by atoms with Gasteiger partial charge in [0.15, 0.2) is 0 Å². The van der Waals surface area contributed by atoms with Crippen LogP contribution in [-0.2, 0) is 31.3 Å². The average molecular weight is 467 g/mol. The molecule has 31 heavy (non-hydrogen) atoms. The van der Waals surface area contributed by atoms with Crippen LogP contribution in [0.25, 0.3) is 0 Å². The fourth-order valence-electron chi connectivity index (χ4n) is 4.12. The van der Waals surface area contributed by atoms with Gasteiger partial charge in [-0.05, 0) is 86.6 Å². The largest absolute Gasteiger partial charge is 0.460 e. The standard InChI is InChI=1S/C16H21FN2O.C6H10N2OS2/c1-9(17)20-16-13-7-3-5-11(13)15(19-10(2)18)12-6-4-8-14(12)16;1-6(2,9)5-8-3-4(10-5)11-7/h9,19H,2-8,18H2,1H3;3,9H,7H2,1-2H3. The topological polar surface area (TPSA) is 106 Å². The lowest BCUT2D eigenvalue weighted by Crippen LogP contribution is -2.14. The van der Waals surface area contributed by atoms with Crippen LogP contribution in [0.15, 0.2) is 22.8 Å². The van der Waals surface area contributed by atoms with Crippen LogP contribution in [-0.4, -0.2) is 16.4 Å². The Morgan fingerprint density at radius 1 is 1.26 bits per heavy atom. The summed E-state index contributed by atoms with van der Waals surface area (Å²) in [5, 5.41) is 18.7. The minimum atomic E-state index is -1.27. The summed E-state index contributed by atoms with van der Waals surface area (Å²) in [5.41, 5.74) is 10.8. The van der Waals surface area contributed by atoms with E-state index in [2.05, 4.69) is 16.9 Å². The van der Waals surface area contributed by atoms with Crippen molar-refractivity contribution >= 4 is 29.0 Å². The molecule has 170 valence electrons. The van der Waals surface area contributed by atoms with Gasteiger partial charge in [0.2, 0.25) is 6.36 Å². The number of nitrogens with two attached hydrogens (primary N) is 2. The summed E-state index contributed by atoms with van der Waals surface area (Å²) in [6.07, 6.45) is 6.47. The SMILES string of the molecule is C=C(N)Nc1c2c(c(OC(C)F)c3c1CCC3)CCC2.CC(C)(O)c1ncc(SN)s1. The Morgan fingerprint density at radius 3 is 2.19 bits per heavy atom. The van der Waals surface area contributed by atoms with E-state index in [0.29, 0.717) is 10.8 Å². The first-order chi connectivity index (χ1) is 14.6. The number of fused-ring (bicyclic) bond motifs is 2. The van der Waals surface area contributed by atoms with Gasteiger partial charge in [0.1, 0.15) is 16.4 Å². The minimum Gasteiger partial charge on any atom is -0.460 e. The number of anilines is 1. The minimum absolute atomic E-state index is 0.459. The van der Waals surface area contributed by atoms with Crippen LogP contribution in [0.3, 0.4) is 0 Å². The van der Waals surface area contributed by atoms with Crippen molar-refractivity contribution in [3.8, 4) is 5.75 Å². The fraction of sp³-hybridized carbons (Fsp3) is 0.500. The first kappa shape index (κ1) is 23.8. The highest BCUT2D eigenvalue weighted by atomic mass is 32.2. The van der Waals surface area contributed by atoms with E-state index in [0.717, 1.165) is 66.1 Å². The molecule has 0 fully saturated rings. The van der Waals surface area contributed by atoms with Crippen molar-refractivity contribution in [2.75, 3.05) is 5.32 Å². The molecule has 2 aliphatic carbocycles. The molecule has 1 atom stereocenters. The van der Waals surface area contributed by atoms with E-state index in [-0.39, 0.29) is 0 Å². The van der Waals surface area contributed by atoms with E-state index in [1.54, 1.807) is 20.0 Å². The molecule has 2 aromatic rings. The van der Waals surface area contributed by atoms with E-state index < -0.39 is 12.0 Å². The monoisotopic (exact) mass is 466 g/mol. The first-order valence-corrected chi connectivity index (χ1v) is 12.1. The summed E-state index contributed by atoms with van der Waals surface area (Å²) >= 11 is 2.57. The maximum atomic E-state index is 13.4. The van der Waals surface area contributed by atoms with Crippen LogP contribution in [0.4, 0.5) is 10.1 Å². The molecule has 2 aliphatic rings. The van der Waals surface area contributed by atoms with Crippen molar-refractivity contribution in [3.63, 3.8) is 0 Å². The van der Waals surface area contributed by atoms with Crippen LogP contribution >= 0.6 is 23.3 Å². The molecular formula is C22H31FN4O2S2. The van der Waals surface area contributed by atoms with Crippen LogP contribution in [0.1, 0.15) is 60.9 Å². The Labute approximate surface area is 191 Å². The molecule has 1 unspecified atom stereocenters. The van der Waals surface area contributed by atoms with Crippen molar-refractivity contribution < 1.29 is 14.2 Å². The van der Waals surface area contributed by atoms with Gasteiger partial charge in [-0.15, -0.1) is 11.3 Å². The van der Waals surface area contributed by atoms with Crippen molar-refractivity contribution in [2.45, 2.75) is 75.5 Å². The Morgan fingerprint density at radius 2 is 1.81 bits per heavy atom. The summed E-state index contributed by atoms with van der Waals surface area (Å²) < 4.78 is 19.8. The number of rotatable bonds is 6. The number of benzene rings is 1. The molecule has 0 saturated carbocycles. The Hall–Kier alpha value is -1.81. The summed E-state index contributed by atoms with van der Waals surface area (Å²) in [6.45, 7) is 8.60. The van der Waals surface area contributed by atoms with Crippen LogP contribution in [0.2, 0.25) is 0 Å². The predicted octanol–water partition coefficient (Wildman–Crippen LogP) is 4.54. The van der Waals surface area contributed by atoms with Crippen LogP contribution in [0, 0.1) is 0 Å². The smallest absolute Gasteiger partial charge is 0.235 e. The number of thiazole rings is 1. The van der Waals surface area contributed by atoms with Gasteiger partial charge in [0, 0.05) is 12.6 Å². The summed E-state index contributed by atoms with van der Waals surface area (Å²) in [6, 6.07) is 0. The Balaban J connectivity index is 0.000000210. The van der Waals surface area contributed by atoms with Gasteiger partial charge in [0.25, 0.3) is 0 Å². The highest BCUT2D eigenvalue weighted by Crippen LogP contribution is 2.46. The van der Waals surface area contributed by atoms with Crippen LogP contribution < -0.4 is 20.9 Å². The number of nitrogens with zero attached hydrogens (tertiary/aromatic N) is 1. The number of aliphatic hydroxyl groups is 1. The zero-order valence-corrected chi connectivity index (χ0v) is 19.9. The van der Waals surface area contributed by atoms with Gasteiger partial charge in [-0.3, -0.25) is 5.14 Å². The van der Waals surface area contributed by atoms with Gasteiger partial charge in [-0.2, -0.15) is 0 Å². The molecule has 0 bridgehead atoms. The molecule has 0 aliphatic heterocycles. The molecular weight excluding hydrogens is 435 g/mol. The number of alkyl halides is 1. The number of hydrogen-bond acceptors (Lipinski definition) is 8. The maximum absolute atomic E-state index is 13.4. The predicted molar refractivity (Wildman–Crippen MR) is 126 cm³/mol. The molecule has 1 aromatic carbocycles. The number of halogens is 1. The number of hydrogen-bond donors (Lipinski definition) is 4. The zero-order chi connectivity index (χ0) is 22.8. The summed E-state index contributed by atoms with van der Waals surface area (Å²) in [4.78, 5) is 4.03. The maximum Gasteiger partial charge on any atom is 0.235 e. The number of nitrogens with one attached hydrogen (secondary N) is 1. The molecule has 0 spiro atoms. The third-order valence-corrected chi connectivity index (χ3v) is 7.26. The second kappa shape index (κ2) is 9.77. The van der Waals surface area contributed by atoms with E-state index in [1.165, 1.54) is 40.5 Å². The number of aromatic nitrogens is 1. The van der Waals surface area contributed by atoms with Gasteiger partial charge < -0.3 is 20.9 Å². The van der Waals surface area contributed by atoms with Crippen molar-refractivity contribution in [1.29, 1.82) is 0 Å². The lowest BCUT2D eigenvalue weighted by molar-refractivity contribution is 0.0782. The van der Waals surface area contributed by atoms with E-state index in [4.69, 9.17) is 15.6 Å². The van der Waals surface area contributed by atoms with Gasteiger partial charge in [-0.25, -0.2) is 9.37 Å². The number of ether oxygens (including phenoxy) is 1. The van der Waals surface area contributed by atoms with Crippen molar-refractivity contribution in [3.05, 3.63) is 45.9 Å². The van der Waals surface area contributed by atoms with Crippen molar-refractivity contribution in [2.24, 2.45) is 10.9 Å². The lowest BCUT2D eigenvalue weighted by Gasteiger charge is -2.21. The summed E-state index contributed by atoms with van der Waals surface area (Å²) in [5.74, 6) is 1.26. The molecule has 4 rings (SSSR count). The third kappa shape index (κ3) is 5.52. The highest BCUT2D eigenvalue weighted by molar-refractivity contribution is 7.99. The zero-order valence-electron chi connectivity index (χ0n) is 18.3. The van der Waals surface area contributed by atoms with Gasteiger partial charge in [0.05, 0.1) is 16.2 Å². The average Bonchev–Trinajstić information content (AvgIpc) is 3.44. The first-order valence-electron chi connectivity index (χ1n) is 10.4. The normalized spacial score (nSPS) is 15.5. The molecule has 0 radical (unpaired) electrons. The molecule has 1 heterocycles. The molecule has 0 saturated heterocycles. The highest BCUT2D eigenvalue weighted by Gasteiger charge is 2.30. The van der Waals surface area contributed by atoms with Gasteiger partial charge in [-0.1, -0.05) is 6.58 Å². The quantitative estimate of drug-likeness (QED) is 0.463. The lowest BCUT2D eigenvalue weighted by atomic mass is 9.97. The Bertz CT molecular complexity index is 919. The van der Waals surface area contributed by atoms with E-state index >= 15 is 0 Å². The molecule has 9 heteroatoms. The third-order valence-electron chi connectivity index (χ3n) is 5.28. The van der Waals surface area contributed by atoms with E-state index in [1.807, 2.05) is 0 Å². The molecule has 1 aromatic heterocycles. The van der Waals surface area contributed by atoms with Crippen LogP contribution in [0.5, 0.6) is 5.75 Å².